The van der Waals surface area contributed by atoms with E-state index in [1.165, 1.54) is 13.8 Å². The number of amidine groups is 1. The fourth-order valence-corrected chi connectivity index (χ4v) is 4.46. The summed E-state index contributed by atoms with van der Waals surface area (Å²) in [5.41, 5.74) is 14.7. The van der Waals surface area contributed by atoms with E-state index in [9.17, 15) is 24.3 Å². The first-order valence-electron chi connectivity index (χ1n) is 12.9. The number of hydrogen-bond acceptors (Lipinski definition) is 8. The Hall–Kier alpha value is -4.23. The smallest absolute Gasteiger partial charge is 0.326 e. The molecule has 2 heterocycles. The summed E-state index contributed by atoms with van der Waals surface area (Å²) in [5, 5.41) is 28.6. The number of fused-ring (bicyclic) bond motifs is 1. The third-order valence-corrected chi connectivity index (χ3v) is 6.86. The fourth-order valence-electron chi connectivity index (χ4n) is 4.46. The lowest BCUT2D eigenvalue weighted by Crippen LogP contribution is -2.55. The van der Waals surface area contributed by atoms with Crippen LogP contribution in [0.3, 0.4) is 0 Å². The lowest BCUT2D eigenvalue weighted by atomic mass is 10.00. The van der Waals surface area contributed by atoms with Gasteiger partial charge in [-0.3, -0.25) is 19.8 Å². The van der Waals surface area contributed by atoms with E-state index < -0.39 is 53.9 Å². The van der Waals surface area contributed by atoms with E-state index in [1.807, 2.05) is 38.1 Å². The van der Waals surface area contributed by atoms with Gasteiger partial charge in [-0.05, 0) is 56.9 Å². The number of aryl methyl sites for hydroxylation is 2. The Morgan fingerprint density at radius 3 is 2.33 bits per heavy atom. The molecule has 40 heavy (non-hydrogen) atoms. The van der Waals surface area contributed by atoms with Crippen molar-refractivity contribution < 1.29 is 28.7 Å². The number of nitrogens with one attached hydrogen (secondary N) is 5. The van der Waals surface area contributed by atoms with Crippen molar-refractivity contribution in [1.29, 1.82) is 5.41 Å². The van der Waals surface area contributed by atoms with Gasteiger partial charge in [-0.25, -0.2) is 4.79 Å². The van der Waals surface area contributed by atoms with Gasteiger partial charge in [0.25, 0.3) is 0 Å². The van der Waals surface area contributed by atoms with Gasteiger partial charge in [0, 0.05) is 18.4 Å². The number of furan rings is 1. The molecule has 0 bridgehead atoms. The number of hydrogen-bond donors (Lipinski definition) is 8. The summed E-state index contributed by atoms with van der Waals surface area (Å²) in [6.07, 6.45) is 1.88. The maximum Gasteiger partial charge on any atom is 0.326 e. The zero-order valence-corrected chi connectivity index (χ0v) is 23.0. The van der Waals surface area contributed by atoms with Crippen LogP contribution in [0.15, 0.2) is 34.3 Å². The highest BCUT2D eigenvalue weighted by Gasteiger charge is 2.29. The lowest BCUT2D eigenvalue weighted by Gasteiger charge is -2.22. The van der Waals surface area contributed by atoms with Crippen LogP contribution < -0.4 is 32.7 Å². The van der Waals surface area contributed by atoms with Gasteiger partial charge in [-0.2, -0.15) is 0 Å². The van der Waals surface area contributed by atoms with E-state index in [0.717, 1.165) is 22.1 Å². The number of benzene rings is 1. The molecule has 1 aliphatic rings. The van der Waals surface area contributed by atoms with Crippen LogP contribution in [0.2, 0.25) is 0 Å². The molecule has 3 rings (SSSR count). The zero-order valence-electron chi connectivity index (χ0n) is 23.0. The van der Waals surface area contributed by atoms with Crippen LogP contribution in [-0.4, -0.2) is 71.4 Å². The van der Waals surface area contributed by atoms with E-state index in [0.29, 0.717) is 17.9 Å². The van der Waals surface area contributed by atoms with Crippen molar-refractivity contribution in [3.63, 3.8) is 0 Å². The average Bonchev–Trinajstić information content (AvgIpc) is 3.47. The molecule has 0 fully saturated rings. The van der Waals surface area contributed by atoms with Gasteiger partial charge in [-0.1, -0.05) is 18.2 Å². The molecule has 0 aliphatic carbocycles. The van der Waals surface area contributed by atoms with Crippen LogP contribution in [-0.2, 0) is 25.6 Å². The quantitative estimate of drug-likeness (QED) is 0.0977. The first kappa shape index (κ1) is 30.3. The molecular weight excluding hydrogens is 518 g/mol. The summed E-state index contributed by atoms with van der Waals surface area (Å²) in [6.45, 7) is 7.09. The maximum atomic E-state index is 12.8. The molecule has 5 atom stereocenters. The van der Waals surface area contributed by atoms with Crippen LogP contribution >= 0.6 is 0 Å². The minimum atomic E-state index is -1.29. The normalized spacial score (nSPS) is 17.8. The molecule has 0 saturated heterocycles. The van der Waals surface area contributed by atoms with Gasteiger partial charge >= 0.3 is 5.97 Å². The van der Waals surface area contributed by atoms with Crippen molar-refractivity contribution in [2.75, 3.05) is 6.54 Å². The van der Waals surface area contributed by atoms with Crippen molar-refractivity contribution in [2.24, 2.45) is 11.5 Å². The molecule has 3 amide bonds. The summed E-state index contributed by atoms with van der Waals surface area (Å²) >= 11 is 0. The molecule has 13 heteroatoms. The SMILES string of the molecule is Cc1ccc2c(C)c(CC(NC(=O)C(C)NC(=O)C(C)NC(=O)C(N)CC3=CCNC3C(=N)N)C(=O)O)oc2c1. The minimum Gasteiger partial charge on any atom is -0.480 e. The van der Waals surface area contributed by atoms with Gasteiger partial charge in [-0.15, -0.1) is 0 Å². The molecule has 1 aromatic heterocycles. The van der Waals surface area contributed by atoms with Crippen molar-refractivity contribution in [1.82, 2.24) is 21.3 Å². The summed E-state index contributed by atoms with van der Waals surface area (Å²) in [6, 6.07) is 0.827. The van der Waals surface area contributed by atoms with Crippen LogP contribution in [0.4, 0.5) is 0 Å². The van der Waals surface area contributed by atoms with Crippen LogP contribution in [0.25, 0.3) is 11.0 Å². The second-order valence-corrected chi connectivity index (χ2v) is 10.1. The monoisotopic (exact) mass is 555 g/mol. The first-order valence-corrected chi connectivity index (χ1v) is 12.9. The topological polar surface area (TPSA) is 226 Å². The Morgan fingerprint density at radius 2 is 1.70 bits per heavy atom. The molecular formula is C27H37N7O6. The Kier molecular flexibility index (Phi) is 9.66. The van der Waals surface area contributed by atoms with Crippen LogP contribution in [0, 0.1) is 19.3 Å². The van der Waals surface area contributed by atoms with Crippen molar-refractivity contribution in [3.05, 3.63) is 46.7 Å². The molecule has 5 unspecified atom stereocenters. The highest BCUT2D eigenvalue weighted by molar-refractivity contribution is 5.94. The van der Waals surface area contributed by atoms with E-state index in [4.69, 9.17) is 21.3 Å². The summed E-state index contributed by atoms with van der Waals surface area (Å²) in [7, 11) is 0. The van der Waals surface area contributed by atoms with E-state index in [1.54, 1.807) is 0 Å². The zero-order chi connectivity index (χ0) is 29.7. The number of carbonyl (C=O) groups is 4. The van der Waals surface area contributed by atoms with Crippen LogP contribution in [0.1, 0.15) is 37.2 Å². The fraction of sp³-hybridized carbons (Fsp3) is 0.444. The molecule has 1 aromatic carbocycles. The molecule has 0 spiro atoms. The third kappa shape index (κ3) is 7.24. The van der Waals surface area contributed by atoms with Gasteiger partial charge < -0.3 is 42.3 Å². The molecule has 10 N–H and O–H groups in total. The molecule has 216 valence electrons. The minimum absolute atomic E-state index is 0.0793. The Balaban J connectivity index is 1.54. The Labute approximate surface area is 231 Å². The van der Waals surface area contributed by atoms with Crippen molar-refractivity contribution in [2.45, 2.75) is 70.7 Å². The van der Waals surface area contributed by atoms with Gasteiger partial charge in [0.15, 0.2) is 0 Å². The first-order chi connectivity index (χ1) is 18.8. The second kappa shape index (κ2) is 12.7. The van der Waals surface area contributed by atoms with Gasteiger partial charge in [0.1, 0.15) is 35.3 Å². The van der Waals surface area contributed by atoms with Crippen LogP contribution in [0.5, 0.6) is 0 Å². The molecule has 0 saturated carbocycles. The lowest BCUT2D eigenvalue weighted by molar-refractivity contribution is -0.142. The number of carbonyl (C=O) groups excluding carboxylic acids is 3. The molecule has 13 nitrogen and oxygen atoms in total. The second-order valence-electron chi connectivity index (χ2n) is 10.1. The number of carboxylic acid groups (broad SMARTS) is 1. The maximum absolute atomic E-state index is 12.8. The van der Waals surface area contributed by atoms with Crippen molar-refractivity contribution in [3.8, 4) is 0 Å². The number of carboxylic acids is 1. The standard InChI is InChI=1S/C27H37N7O6/c1-12-5-6-17-13(2)20(40-21(17)9-12)11-19(27(38)39)34-25(36)15(4)32-24(35)14(3)33-26(37)18(28)10-16-7-8-31-22(16)23(29)30/h5-7,9,14-15,18-19,22,31H,8,10-11,28H2,1-4H3,(H3,29,30)(H,32,35)(H,33,37)(H,34,36)(H,38,39). The van der Waals surface area contributed by atoms with Crippen molar-refractivity contribution >= 4 is 40.5 Å². The average molecular weight is 556 g/mol. The van der Waals surface area contributed by atoms with E-state index in [-0.39, 0.29) is 18.7 Å². The largest absolute Gasteiger partial charge is 0.480 e. The summed E-state index contributed by atoms with van der Waals surface area (Å²) in [5.74, 6) is -2.84. The molecule has 1 aliphatic heterocycles. The number of nitrogens with two attached hydrogens (primary N) is 2. The summed E-state index contributed by atoms with van der Waals surface area (Å²) < 4.78 is 5.86. The number of rotatable bonds is 12. The number of amides is 3. The Morgan fingerprint density at radius 1 is 1.07 bits per heavy atom. The number of aliphatic carboxylic acids is 1. The highest BCUT2D eigenvalue weighted by atomic mass is 16.4. The predicted octanol–water partition coefficient (Wildman–Crippen LogP) is -0.277. The van der Waals surface area contributed by atoms with Gasteiger partial charge in [0.05, 0.1) is 12.1 Å². The van der Waals surface area contributed by atoms with E-state index in [2.05, 4.69) is 21.3 Å². The van der Waals surface area contributed by atoms with E-state index >= 15 is 0 Å². The summed E-state index contributed by atoms with van der Waals surface area (Å²) in [4.78, 5) is 49.8. The Bertz CT molecular complexity index is 1350. The molecule has 0 radical (unpaired) electrons. The highest BCUT2D eigenvalue weighted by Crippen LogP contribution is 2.27. The molecule has 2 aromatic rings. The predicted molar refractivity (Wildman–Crippen MR) is 149 cm³/mol. The van der Waals surface area contributed by atoms with Gasteiger partial charge in [0.2, 0.25) is 17.7 Å². The third-order valence-electron chi connectivity index (χ3n) is 6.86.